The van der Waals surface area contributed by atoms with Crippen LogP contribution in [0.15, 0.2) is 29.3 Å². The van der Waals surface area contributed by atoms with Gasteiger partial charge < -0.3 is 20.1 Å². The summed E-state index contributed by atoms with van der Waals surface area (Å²) in [5.74, 6) is 1.76. The van der Waals surface area contributed by atoms with Gasteiger partial charge in [0, 0.05) is 25.0 Å². The Balaban J connectivity index is 2.12. The van der Waals surface area contributed by atoms with Crippen molar-refractivity contribution >= 4 is 5.96 Å². The fourth-order valence-electron chi connectivity index (χ4n) is 2.77. The number of hydrogen-bond donors (Lipinski definition) is 2. The molecule has 1 saturated heterocycles. The fourth-order valence-corrected chi connectivity index (χ4v) is 2.77. The molecule has 0 unspecified atom stereocenters. The molecular formula is C18H29N3O2. The molecule has 0 radical (unpaired) electrons. The van der Waals surface area contributed by atoms with Crippen LogP contribution in [-0.4, -0.2) is 55.4 Å². The van der Waals surface area contributed by atoms with Gasteiger partial charge in [-0.3, -0.25) is 4.99 Å². The highest BCUT2D eigenvalue weighted by Crippen LogP contribution is 2.27. The molecule has 0 saturated carbocycles. The lowest BCUT2D eigenvalue weighted by molar-refractivity contribution is 0.187. The summed E-state index contributed by atoms with van der Waals surface area (Å²) < 4.78 is 5.32. The fraction of sp³-hybridized carbons (Fsp3) is 0.611. The monoisotopic (exact) mass is 319 g/mol. The van der Waals surface area contributed by atoms with Gasteiger partial charge >= 0.3 is 0 Å². The summed E-state index contributed by atoms with van der Waals surface area (Å²) in [6.07, 6.45) is 0.564. The van der Waals surface area contributed by atoms with Crippen LogP contribution < -0.4 is 10.1 Å². The molecule has 2 N–H and O–H groups in total. The number of guanidine groups is 1. The molecule has 1 atom stereocenters. The van der Waals surface area contributed by atoms with Gasteiger partial charge in [-0.15, -0.1) is 0 Å². The van der Waals surface area contributed by atoms with Crippen molar-refractivity contribution in [3.05, 3.63) is 29.8 Å². The molecule has 1 aromatic carbocycles. The van der Waals surface area contributed by atoms with Crippen LogP contribution in [0.4, 0.5) is 0 Å². The second kappa shape index (κ2) is 7.68. The number of aliphatic imine (C=N–C) groups is 1. The minimum Gasteiger partial charge on any atom is -0.497 e. The Bertz CT molecular complexity index is 543. The Morgan fingerprint density at radius 1 is 1.48 bits per heavy atom. The van der Waals surface area contributed by atoms with Gasteiger partial charge in [-0.05, 0) is 31.0 Å². The smallest absolute Gasteiger partial charge is 0.194 e. The SMILES string of the molecule is CCNC(=NCC(C)(C)c1cccc(OC)c1)N1CC[C@@H](O)C1. The van der Waals surface area contributed by atoms with Gasteiger partial charge in [0.05, 0.1) is 19.8 Å². The topological polar surface area (TPSA) is 57.1 Å². The second-order valence-corrected chi connectivity index (χ2v) is 6.67. The quantitative estimate of drug-likeness (QED) is 0.644. The first-order chi connectivity index (χ1) is 11.0. The molecule has 0 amide bonds. The molecule has 5 heteroatoms. The molecule has 5 nitrogen and oxygen atoms in total. The Kier molecular flexibility index (Phi) is 5.88. The molecule has 1 heterocycles. The Labute approximate surface area is 139 Å². The number of aliphatic hydroxyl groups is 1. The highest BCUT2D eigenvalue weighted by molar-refractivity contribution is 5.80. The van der Waals surface area contributed by atoms with Crippen LogP contribution in [0.5, 0.6) is 5.75 Å². The van der Waals surface area contributed by atoms with E-state index in [1.807, 2.05) is 12.1 Å². The largest absolute Gasteiger partial charge is 0.497 e. The molecule has 1 aliphatic heterocycles. The molecule has 1 aromatic rings. The van der Waals surface area contributed by atoms with Gasteiger partial charge in [-0.1, -0.05) is 26.0 Å². The zero-order chi connectivity index (χ0) is 16.9. The maximum Gasteiger partial charge on any atom is 0.194 e. The molecule has 0 spiro atoms. The van der Waals surface area contributed by atoms with Gasteiger partial charge in [-0.2, -0.15) is 0 Å². The summed E-state index contributed by atoms with van der Waals surface area (Å²) in [6, 6.07) is 8.16. The Morgan fingerprint density at radius 2 is 2.26 bits per heavy atom. The lowest BCUT2D eigenvalue weighted by Gasteiger charge is -2.26. The van der Waals surface area contributed by atoms with E-state index in [-0.39, 0.29) is 11.5 Å². The van der Waals surface area contributed by atoms with Crippen LogP contribution in [0.2, 0.25) is 0 Å². The molecule has 1 fully saturated rings. The number of aliphatic hydroxyl groups excluding tert-OH is 1. The molecule has 0 aliphatic carbocycles. The summed E-state index contributed by atoms with van der Waals surface area (Å²) in [4.78, 5) is 6.95. The molecular weight excluding hydrogens is 290 g/mol. The number of β-amino-alcohol motifs (C(OH)–C–C–N with tert-alkyl or cyclic N) is 1. The maximum absolute atomic E-state index is 9.74. The highest BCUT2D eigenvalue weighted by Gasteiger charge is 2.25. The van der Waals surface area contributed by atoms with E-state index in [2.05, 4.69) is 43.1 Å². The predicted octanol–water partition coefficient (Wildman–Crippen LogP) is 2.00. The summed E-state index contributed by atoms with van der Waals surface area (Å²) in [5, 5.41) is 13.1. The van der Waals surface area contributed by atoms with Crippen LogP contribution >= 0.6 is 0 Å². The first kappa shape index (κ1) is 17.6. The minimum absolute atomic E-state index is 0.0897. The lowest BCUT2D eigenvalue weighted by atomic mass is 9.84. The number of benzene rings is 1. The predicted molar refractivity (Wildman–Crippen MR) is 94.2 cm³/mol. The molecule has 2 rings (SSSR count). The van der Waals surface area contributed by atoms with Gasteiger partial charge in [0.1, 0.15) is 5.75 Å². The third-order valence-corrected chi connectivity index (χ3v) is 4.27. The number of nitrogens with one attached hydrogen (secondary N) is 1. The van der Waals surface area contributed by atoms with Gasteiger partial charge in [-0.25, -0.2) is 0 Å². The van der Waals surface area contributed by atoms with Crippen LogP contribution in [-0.2, 0) is 5.41 Å². The number of hydrogen-bond acceptors (Lipinski definition) is 3. The van der Waals surface area contributed by atoms with E-state index in [4.69, 9.17) is 9.73 Å². The number of methoxy groups -OCH3 is 1. The Morgan fingerprint density at radius 3 is 2.87 bits per heavy atom. The van der Waals surface area contributed by atoms with E-state index in [9.17, 15) is 5.11 Å². The van der Waals surface area contributed by atoms with Crippen molar-refractivity contribution in [2.75, 3.05) is 33.3 Å². The van der Waals surface area contributed by atoms with Crippen molar-refractivity contribution in [2.24, 2.45) is 4.99 Å². The minimum atomic E-state index is -0.245. The van der Waals surface area contributed by atoms with Crippen LogP contribution in [0.1, 0.15) is 32.8 Å². The van der Waals surface area contributed by atoms with Crippen molar-refractivity contribution in [1.29, 1.82) is 0 Å². The van der Waals surface area contributed by atoms with Crippen molar-refractivity contribution in [3.8, 4) is 5.75 Å². The summed E-state index contributed by atoms with van der Waals surface area (Å²) in [7, 11) is 1.69. The number of rotatable bonds is 5. The Hall–Kier alpha value is -1.75. The zero-order valence-electron chi connectivity index (χ0n) is 14.7. The van der Waals surface area contributed by atoms with Crippen molar-refractivity contribution in [1.82, 2.24) is 10.2 Å². The maximum atomic E-state index is 9.74. The third-order valence-electron chi connectivity index (χ3n) is 4.27. The third kappa shape index (κ3) is 4.61. The first-order valence-corrected chi connectivity index (χ1v) is 8.32. The normalized spacial score (nSPS) is 19.1. The summed E-state index contributed by atoms with van der Waals surface area (Å²) in [5.41, 5.74) is 1.12. The van der Waals surface area contributed by atoms with Crippen molar-refractivity contribution in [2.45, 2.75) is 38.7 Å². The lowest BCUT2D eigenvalue weighted by Crippen LogP contribution is -2.41. The first-order valence-electron chi connectivity index (χ1n) is 8.32. The van der Waals surface area contributed by atoms with E-state index in [1.165, 1.54) is 5.56 Å². The second-order valence-electron chi connectivity index (χ2n) is 6.67. The van der Waals surface area contributed by atoms with Crippen LogP contribution in [0, 0.1) is 0 Å². The molecule has 0 bridgehead atoms. The van der Waals surface area contributed by atoms with E-state index < -0.39 is 0 Å². The average Bonchev–Trinajstić information content (AvgIpc) is 2.98. The average molecular weight is 319 g/mol. The molecule has 0 aromatic heterocycles. The standard InChI is InChI=1S/C18H29N3O2/c1-5-19-17(21-10-9-15(22)12-21)20-13-18(2,3)14-7-6-8-16(11-14)23-4/h6-8,11,15,22H,5,9-10,12-13H2,1-4H3,(H,19,20)/t15-/m1/s1. The number of nitrogens with zero attached hydrogens (tertiary/aromatic N) is 2. The van der Waals surface area contributed by atoms with Crippen molar-refractivity contribution < 1.29 is 9.84 Å². The van der Waals surface area contributed by atoms with Crippen LogP contribution in [0.3, 0.4) is 0 Å². The summed E-state index contributed by atoms with van der Waals surface area (Å²) >= 11 is 0. The summed E-state index contributed by atoms with van der Waals surface area (Å²) in [6.45, 7) is 9.45. The van der Waals surface area contributed by atoms with Crippen molar-refractivity contribution in [3.63, 3.8) is 0 Å². The molecule has 128 valence electrons. The number of ether oxygens (including phenoxy) is 1. The van der Waals surface area contributed by atoms with E-state index >= 15 is 0 Å². The van der Waals surface area contributed by atoms with Gasteiger partial charge in [0.2, 0.25) is 0 Å². The number of likely N-dealkylation sites (tertiary alicyclic amines) is 1. The van der Waals surface area contributed by atoms with Gasteiger partial charge in [0.15, 0.2) is 5.96 Å². The van der Waals surface area contributed by atoms with E-state index in [0.717, 1.165) is 31.2 Å². The zero-order valence-corrected chi connectivity index (χ0v) is 14.7. The van der Waals surface area contributed by atoms with E-state index in [0.29, 0.717) is 13.1 Å². The molecule has 23 heavy (non-hydrogen) atoms. The van der Waals surface area contributed by atoms with Crippen LogP contribution in [0.25, 0.3) is 0 Å². The van der Waals surface area contributed by atoms with Gasteiger partial charge in [0.25, 0.3) is 0 Å². The van der Waals surface area contributed by atoms with E-state index in [1.54, 1.807) is 7.11 Å². The molecule has 1 aliphatic rings. The highest BCUT2D eigenvalue weighted by atomic mass is 16.5.